The van der Waals surface area contributed by atoms with E-state index in [0.717, 1.165) is 0 Å². The Morgan fingerprint density at radius 2 is 2.15 bits per heavy atom. The Labute approximate surface area is 119 Å². The highest BCUT2D eigenvalue weighted by atomic mass is 35.5. The molecule has 1 aliphatic rings. The van der Waals surface area contributed by atoms with E-state index in [9.17, 15) is 9.59 Å². The van der Waals surface area contributed by atoms with E-state index in [-0.39, 0.29) is 6.54 Å². The van der Waals surface area contributed by atoms with Crippen molar-refractivity contribution >= 4 is 29.0 Å². The monoisotopic (exact) mass is 291 g/mol. The smallest absolute Gasteiger partial charge is 0.299 e. The topological polar surface area (TPSA) is 76.3 Å². The second kappa shape index (κ2) is 4.72. The molecule has 0 atom stereocenters. The van der Waals surface area contributed by atoms with Gasteiger partial charge in [-0.1, -0.05) is 23.7 Å². The number of nitrogens with zero attached hydrogens (tertiary/aromatic N) is 3. The van der Waals surface area contributed by atoms with Gasteiger partial charge in [-0.2, -0.15) is 4.98 Å². The molecule has 1 aliphatic heterocycles. The Hall–Kier alpha value is -2.21. The Kier molecular flexibility index (Phi) is 3.02. The summed E-state index contributed by atoms with van der Waals surface area (Å²) in [7, 11) is 0. The number of amides is 1. The summed E-state index contributed by atoms with van der Waals surface area (Å²) in [5.74, 6) is -0.313. The lowest BCUT2D eigenvalue weighted by Gasteiger charge is -2.13. The number of carbonyl (C=O) groups excluding carboxylic acids is 2. The average Bonchev–Trinajstić information content (AvgIpc) is 2.99. The van der Waals surface area contributed by atoms with Crippen molar-refractivity contribution in [3.63, 3.8) is 0 Å². The Bertz CT molecular complexity index is 711. The quantitative estimate of drug-likeness (QED) is 0.809. The van der Waals surface area contributed by atoms with Crippen molar-refractivity contribution in [2.24, 2.45) is 0 Å². The number of benzene rings is 1. The van der Waals surface area contributed by atoms with Gasteiger partial charge in [-0.15, -0.1) is 0 Å². The van der Waals surface area contributed by atoms with Crippen molar-refractivity contribution in [2.75, 3.05) is 4.90 Å². The molecule has 3 rings (SSSR count). The molecule has 1 aromatic heterocycles. The minimum absolute atomic E-state index is 0.0999. The third kappa shape index (κ3) is 1.98. The Morgan fingerprint density at radius 3 is 2.85 bits per heavy atom. The molecule has 0 saturated heterocycles. The first-order valence-electron chi connectivity index (χ1n) is 6.07. The lowest BCUT2D eigenvalue weighted by molar-refractivity contribution is -0.114. The first-order chi connectivity index (χ1) is 9.60. The SMILES string of the molecule is CCc1nc(CN2C(=O)C(=O)c3cc(Cl)ccc32)no1. The molecule has 0 saturated carbocycles. The minimum atomic E-state index is -0.606. The molecule has 1 amide bonds. The molecule has 1 aromatic carbocycles. The largest absolute Gasteiger partial charge is 0.339 e. The number of halogens is 1. The van der Waals surface area contributed by atoms with Crippen molar-refractivity contribution in [3.05, 3.63) is 40.5 Å². The normalized spacial score (nSPS) is 14.0. The zero-order valence-corrected chi connectivity index (χ0v) is 11.3. The minimum Gasteiger partial charge on any atom is -0.339 e. The maximum atomic E-state index is 12.0. The number of hydrogen-bond acceptors (Lipinski definition) is 5. The van der Waals surface area contributed by atoms with Crippen molar-refractivity contribution < 1.29 is 14.1 Å². The van der Waals surface area contributed by atoms with Gasteiger partial charge in [0.2, 0.25) is 5.89 Å². The lowest BCUT2D eigenvalue weighted by atomic mass is 10.1. The van der Waals surface area contributed by atoms with E-state index >= 15 is 0 Å². The van der Waals surface area contributed by atoms with Gasteiger partial charge in [0.05, 0.1) is 17.8 Å². The molecule has 6 nitrogen and oxygen atoms in total. The van der Waals surface area contributed by atoms with E-state index in [4.69, 9.17) is 16.1 Å². The van der Waals surface area contributed by atoms with Gasteiger partial charge in [0, 0.05) is 11.4 Å². The molecule has 2 aromatic rings. The van der Waals surface area contributed by atoms with Crippen molar-refractivity contribution in [2.45, 2.75) is 19.9 Å². The highest BCUT2D eigenvalue weighted by molar-refractivity contribution is 6.52. The fourth-order valence-corrected chi connectivity index (χ4v) is 2.24. The van der Waals surface area contributed by atoms with E-state index in [0.29, 0.717) is 34.4 Å². The molecule has 7 heteroatoms. The molecule has 0 radical (unpaired) electrons. The van der Waals surface area contributed by atoms with E-state index in [1.54, 1.807) is 12.1 Å². The molecule has 2 heterocycles. The highest BCUT2D eigenvalue weighted by Gasteiger charge is 2.36. The number of rotatable bonds is 3. The van der Waals surface area contributed by atoms with Gasteiger partial charge in [-0.3, -0.25) is 14.5 Å². The number of carbonyl (C=O) groups is 2. The number of hydrogen-bond donors (Lipinski definition) is 0. The maximum absolute atomic E-state index is 12.0. The fraction of sp³-hybridized carbons (Fsp3) is 0.231. The third-order valence-corrected chi connectivity index (χ3v) is 3.28. The Morgan fingerprint density at radius 1 is 1.35 bits per heavy atom. The van der Waals surface area contributed by atoms with Crippen LogP contribution < -0.4 is 4.90 Å². The summed E-state index contributed by atoms with van der Waals surface area (Å²) in [5.41, 5.74) is 0.828. The van der Waals surface area contributed by atoms with Gasteiger partial charge in [-0.25, -0.2) is 0 Å². The number of fused-ring (bicyclic) bond motifs is 1. The zero-order valence-electron chi connectivity index (χ0n) is 10.6. The van der Waals surface area contributed by atoms with Crippen LogP contribution in [0.5, 0.6) is 0 Å². The summed E-state index contributed by atoms with van der Waals surface area (Å²) in [4.78, 5) is 29.4. The Balaban J connectivity index is 1.95. The van der Waals surface area contributed by atoms with Crippen LogP contribution in [0.1, 0.15) is 29.0 Å². The van der Waals surface area contributed by atoms with E-state index in [2.05, 4.69) is 10.1 Å². The van der Waals surface area contributed by atoms with Crippen LogP contribution in [0, 0.1) is 0 Å². The van der Waals surface area contributed by atoms with Gasteiger partial charge in [0.15, 0.2) is 5.82 Å². The second-order valence-electron chi connectivity index (χ2n) is 4.34. The number of aromatic nitrogens is 2. The molecule has 20 heavy (non-hydrogen) atoms. The number of aryl methyl sites for hydroxylation is 1. The summed E-state index contributed by atoms with van der Waals surface area (Å²) in [5, 5.41) is 4.20. The van der Waals surface area contributed by atoms with Gasteiger partial charge in [0.1, 0.15) is 0 Å². The van der Waals surface area contributed by atoms with Gasteiger partial charge >= 0.3 is 0 Å². The zero-order chi connectivity index (χ0) is 14.3. The second-order valence-corrected chi connectivity index (χ2v) is 4.78. The van der Waals surface area contributed by atoms with Crippen molar-refractivity contribution in [3.8, 4) is 0 Å². The van der Waals surface area contributed by atoms with E-state index in [1.807, 2.05) is 6.92 Å². The van der Waals surface area contributed by atoms with Gasteiger partial charge in [0.25, 0.3) is 11.7 Å². The maximum Gasteiger partial charge on any atom is 0.299 e. The lowest BCUT2D eigenvalue weighted by Crippen LogP contribution is -2.29. The summed E-state index contributed by atoms with van der Waals surface area (Å²) < 4.78 is 4.99. The van der Waals surface area contributed by atoms with Crippen LogP contribution in [-0.4, -0.2) is 21.8 Å². The van der Waals surface area contributed by atoms with E-state index < -0.39 is 11.7 Å². The molecular weight excluding hydrogens is 282 g/mol. The van der Waals surface area contributed by atoms with Gasteiger partial charge < -0.3 is 4.52 Å². The molecule has 0 bridgehead atoms. The number of anilines is 1. The van der Waals surface area contributed by atoms with Crippen molar-refractivity contribution in [1.82, 2.24) is 10.1 Å². The van der Waals surface area contributed by atoms with E-state index in [1.165, 1.54) is 11.0 Å². The van der Waals surface area contributed by atoms with Crippen LogP contribution in [0.25, 0.3) is 0 Å². The van der Waals surface area contributed by atoms with Crippen LogP contribution in [0.3, 0.4) is 0 Å². The summed E-state index contributed by atoms with van der Waals surface area (Å²) >= 11 is 5.84. The van der Waals surface area contributed by atoms with Gasteiger partial charge in [-0.05, 0) is 18.2 Å². The van der Waals surface area contributed by atoms with Crippen LogP contribution in [0.4, 0.5) is 5.69 Å². The fourth-order valence-electron chi connectivity index (χ4n) is 2.07. The summed E-state index contributed by atoms with van der Waals surface area (Å²) in [6.07, 6.45) is 0.617. The first-order valence-corrected chi connectivity index (χ1v) is 6.45. The molecule has 0 N–H and O–H groups in total. The van der Waals surface area contributed by atoms with Crippen molar-refractivity contribution in [1.29, 1.82) is 0 Å². The van der Waals surface area contributed by atoms with Crippen LogP contribution in [0.2, 0.25) is 5.02 Å². The van der Waals surface area contributed by atoms with Crippen LogP contribution >= 0.6 is 11.6 Å². The first kappa shape index (κ1) is 12.8. The molecule has 102 valence electrons. The number of ketones is 1. The standard InChI is InChI=1S/C13H10ClN3O3/c1-2-11-15-10(16-20-11)6-17-9-4-3-7(14)5-8(9)12(18)13(17)19/h3-5H,2,6H2,1H3. The van der Waals surface area contributed by atoms with Crippen LogP contribution in [-0.2, 0) is 17.8 Å². The summed E-state index contributed by atoms with van der Waals surface area (Å²) in [6.45, 7) is 1.99. The van der Waals surface area contributed by atoms with Crippen LogP contribution in [0.15, 0.2) is 22.7 Å². The predicted molar refractivity (Wildman–Crippen MR) is 70.6 cm³/mol. The molecule has 0 spiro atoms. The third-order valence-electron chi connectivity index (χ3n) is 3.05. The molecular formula is C13H10ClN3O3. The predicted octanol–water partition coefficient (Wildman–Crippen LogP) is 2.01. The average molecular weight is 292 g/mol. The number of Topliss-reactive ketones (excluding diaryl/α,β-unsaturated/α-hetero) is 1. The molecule has 0 unspecified atom stereocenters. The molecule has 0 fully saturated rings. The highest BCUT2D eigenvalue weighted by Crippen LogP contribution is 2.32. The molecule has 0 aliphatic carbocycles. The summed E-state index contributed by atoms with van der Waals surface area (Å²) in [6, 6.07) is 4.76.